The molecule has 0 spiro atoms. The van der Waals surface area contributed by atoms with Crippen LogP contribution in [0.25, 0.3) is 0 Å². The standard InChI is InChI=1S/C16H19ClFN3O2/c1-11(23-15-5-4-13(18)10-14(15)17)16(22)20-6-3-8-21-9-7-19-12(21)2/h4-5,7,9-11H,3,6,8H2,1-2H3,(H,20,22)/t11-/m0/s1. The molecule has 2 rings (SSSR count). The lowest BCUT2D eigenvalue weighted by Crippen LogP contribution is -2.37. The van der Waals surface area contributed by atoms with E-state index >= 15 is 0 Å². The van der Waals surface area contributed by atoms with Gasteiger partial charge < -0.3 is 14.6 Å². The maximum Gasteiger partial charge on any atom is 0.260 e. The highest BCUT2D eigenvalue weighted by atomic mass is 35.5. The molecule has 23 heavy (non-hydrogen) atoms. The molecule has 0 aliphatic heterocycles. The van der Waals surface area contributed by atoms with Crippen molar-refractivity contribution in [3.05, 3.63) is 47.3 Å². The second kappa shape index (κ2) is 7.97. The van der Waals surface area contributed by atoms with Crippen molar-refractivity contribution in [1.82, 2.24) is 14.9 Å². The van der Waals surface area contributed by atoms with Gasteiger partial charge in [-0.1, -0.05) is 11.6 Å². The van der Waals surface area contributed by atoms with Gasteiger partial charge in [-0.3, -0.25) is 4.79 Å². The van der Waals surface area contributed by atoms with Crippen molar-refractivity contribution in [3.63, 3.8) is 0 Å². The molecule has 0 radical (unpaired) electrons. The van der Waals surface area contributed by atoms with Crippen LogP contribution >= 0.6 is 11.6 Å². The smallest absolute Gasteiger partial charge is 0.260 e. The molecule has 0 aliphatic rings. The number of carbonyl (C=O) groups is 1. The summed E-state index contributed by atoms with van der Waals surface area (Å²) in [6, 6.07) is 3.79. The van der Waals surface area contributed by atoms with Gasteiger partial charge in [0, 0.05) is 25.5 Å². The third kappa shape index (κ3) is 4.96. The lowest BCUT2D eigenvalue weighted by atomic mass is 10.3. The summed E-state index contributed by atoms with van der Waals surface area (Å²) in [5.41, 5.74) is 0. The van der Waals surface area contributed by atoms with Crippen LogP contribution in [0.3, 0.4) is 0 Å². The van der Waals surface area contributed by atoms with Crippen molar-refractivity contribution in [2.45, 2.75) is 32.9 Å². The Bertz CT molecular complexity index is 675. The summed E-state index contributed by atoms with van der Waals surface area (Å²) in [5, 5.41) is 2.94. The quantitative estimate of drug-likeness (QED) is 0.789. The molecule has 1 amide bonds. The van der Waals surface area contributed by atoms with E-state index in [1.54, 1.807) is 13.1 Å². The summed E-state index contributed by atoms with van der Waals surface area (Å²) in [5.74, 6) is 0.533. The Morgan fingerprint density at radius 3 is 2.96 bits per heavy atom. The Balaban J connectivity index is 1.75. The number of nitrogens with one attached hydrogen (secondary N) is 1. The third-order valence-corrected chi connectivity index (χ3v) is 3.66. The maximum absolute atomic E-state index is 13.0. The SMILES string of the molecule is Cc1nccn1CCCNC(=O)[C@H](C)Oc1ccc(F)cc1Cl. The minimum absolute atomic E-state index is 0.139. The Labute approximate surface area is 139 Å². The van der Waals surface area contributed by atoms with Gasteiger partial charge in [-0.05, 0) is 38.5 Å². The molecule has 1 heterocycles. The highest BCUT2D eigenvalue weighted by Crippen LogP contribution is 2.25. The van der Waals surface area contributed by atoms with Crippen LogP contribution in [-0.4, -0.2) is 28.1 Å². The maximum atomic E-state index is 13.0. The van der Waals surface area contributed by atoms with Gasteiger partial charge in [0.2, 0.25) is 0 Å². The molecule has 0 aliphatic carbocycles. The second-order valence-electron chi connectivity index (χ2n) is 5.15. The molecule has 5 nitrogen and oxygen atoms in total. The second-order valence-corrected chi connectivity index (χ2v) is 5.55. The van der Waals surface area contributed by atoms with Crippen LogP contribution in [0.1, 0.15) is 19.2 Å². The first-order valence-corrected chi connectivity index (χ1v) is 7.72. The van der Waals surface area contributed by atoms with E-state index < -0.39 is 11.9 Å². The summed E-state index contributed by atoms with van der Waals surface area (Å²) >= 11 is 5.87. The highest BCUT2D eigenvalue weighted by Gasteiger charge is 2.15. The molecule has 0 bridgehead atoms. The van der Waals surface area contributed by atoms with Gasteiger partial charge in [0.05, 0.1) is 5.02 Å². The lowest BCUT2D eigenvalue weighted by molar-refractivity contribution is -0.127. The third-order valence-electron chi connectivity index (χ3n) is 3.37. The first kappa shape index (κ1) is 17.3. The van der Waals surface area contributed by atoms with Crippen molar-refractivity contribution in [2.24, 2.45) is 0 Å². The molecule has 1 aromatic heterocycles. The summed E-state index contributed by atoms with van der Waals surface area (Å²) in [7, 11) is 0. The molecule has 1 atom stereocenters. The van der Waals surface area contributed by atoms with Crippen LogP contribution in [0.2, 0.25) is 5.02 Å². The number of imidazole rings is 1. The average Bonchev–Trinajstić information content (AvgIpc) is 2.91. The number of rotatable bonds is 7. The molecule has 2 aromatic rings. The molecule has 1 aromatic carbocycles. The molecular weight excluding hydrogens is 321 g/mol. The topological polar surface area (TPSA) is 56.2 Å². The zero-order valence-electron chi connectivity index (χ0n) is 13.1. The van der Waals surface area contributed by atoms with Crippen molar-refractivity contribution in [2.75, 3.05) is 6.54 Å². The fourth-order valence-corrected chi connectivity index (χ4v) is 2.27. The number of nitrogens with zero attached hydrogens (tertiary/aromatic N) is 2. The van der Waals surface area contributed by atoms with Gasteiger partial charge in [0.25, 0.3) is 5.91 Å². The van der Waals surface area contributed by atoms with Crippen molar-refractivity contribution >= 4 is 17.5 Å². The number of hydrogen-bond acceptors (Lipinski definition) is 3. The Morgan fingerprint density at radius 2 is 2.30 bits per heavy atom. The predicted molar refractivity (Wildman–Crippen MR) is 86.1 cm³/mol. The number of aromatic nitrogens is 2. The van der Waals surface area contributed by atoms with Gasteiger partial charge in [0.1, 0.15) is 17.4 Å². The molecular formula is C16H19ClFN3O2. The van der Waals surface area contributed by atoms with Crippen LogP contribution in [0, 0.1) is 12.7 Å². The number of carbonyl (C=O) groups excluding carboxylic acids is 1. The zero-order chi connectivity index (χ0) is 16.8. The summed E-state index contributed by atoms with van der Waals surface area (Å²) in [4.78, 5) is 16.1. The predicted octanol–water partition coefficient (Wildman–Crippen LogP) is 2.96. The fourth-order valence-electron chi connectivity index (χ4n) is 2.06. The first-order valence-electron chi connectivity index (χ1n) is 7.34. The summed E-state index contributed by atoms with van der Waals surface area (Å²) in [6.07, 6.45) is 3.72. The number of benzene rings is 1. The van der Waals surface area contributed by atoms with Crippen LogP contribution in [0.5, 0.6) is 5.75 Å². The number of hydrogen-bond donors (Lipinski definition) is 1. The van der Waals surface area contributed by atoms with Crippen LogP contribution in [0.4, 0.5) is 4.39 Å². The zero-order valence-corrected chi connectivity index (χ0v) is 13.8. The van der Waals surface area contributed by atoms with E-state index in [9.17, 15) is 9.18 Å². The van der Waals surface area contributed by atoms with Gasteiger partial charge in [-0.15, -0.1) is 0 Å². The van der Waals surface area contributed by atoms with E-state index in [-0.39, 0.29) is 16.7 Å². The monoisotopic (exact) mass is 339 g/mol. The van der Waals surface area contributed by atoms with Crippen LogP contribution in [-0.2, 0) is 11.3 Å². The number of halogens is 2. The summed E-state index contributed by atoms with van der Waals surface area (Å²) in [6.45, 7) is 4.86. The van der Waals surface area contributed by atoms with Crippen molar-refractivity contribution in [3.8, 4) is 5.75 Å². The normalized spacial score (nSPS) is 12.0. The number of ether oxygens (including phenoxy) is 1. The summed E-state index contributed by atoms with van der Waals surface area (Å²) < 4.78 is 20.4. The minimum Gasteiger partial charge on any atom is -0.479 e. The number of amides is 1. The van der Waals surface area contributed by atoms with Crippen molar-refractivity contribution in [1.29, 1.82) is 0 Å². The van der Waals surface area contributed by atoms with Gasteiger partial charge in [-0.25, -0.2) is 9.37 Å². The lowest BCUT2D eigenvalue weighted by Gasteiger charge is -2.15. The van der Waals surface area contributed by atoms with Gasteiger partial charge in [0.15, 0.2) is 6.10 Å². The molecule has 0 fully saturated rings. The Hall–Kier alpha value is -2.08. The molecule has 7 heteroatoms. The van der Waals surface area contributed by atoms with E-state index in [0.29, 0.717) is 6.54 Å². The van der Waals surface area contributed by atoms with E-state index in [1.165, 1.54) is 12.1 Å². The molecule has 0 saturated heterocycles. The van der Waals surface area contributed by atoms with Gasteiger partial charge in [-0.2, -0.15) is 0 Å². The van der Waals surface area contributed by atoms with Gasteiger partial charge >= 0.3 is 0 Å². The van der Waals surface area contributed by atoms with Crippen LogP contribution in [0.15, 0.2) is 30.6 Å². The number of aryl methyl sites for hydroxylation is 2. The molecule has 1 N–H and O–H groups in total. The van der Waals surface area contributed by atoms with Crippen molar-refractivity contribution < 1.29 is 13.9 Å². The first-order chi connectivity index (χ1) is 11.0. The van der Waals surface area contributed by atoms with Crippen LogP contribution < -0.4 is 10.1 Å². The molecule has 0 unspecified atom stereocenters. The minimum atomic E-state index is -0.715. The molecule has 124 valence electrons. The average molecular weight is 340 g/mol. The van der Waals surface area contributed by atoms with E-state index in [0.717, 1.165) is 24.9 Å². The molecule has 0 saturated carbocycles. The highest BCUT2D eigenvalue weighted by molar-refractivity contribution is 6.32. The van der Waals surface area contributed by atoms with E-state index in [4.69, 9.17) is 16.3 Å². The van der Waals surface area contributed by atoms with E-state index in [1.807, 2.05) is 17.7 Å². The largest absolute Gasteiger partial charge is 0.479 e. The van der Waals surface area contributed by atoms with E-state index in [2.05, 4.69) is 10.3 Å². The Morgan fingerprint density at radius 1 is 1.52 bits per heavy atom. The Kier molecular flexibility index (Phi) is 5.98. The fraction of sp³-hybridized carbons (Fsp3) is 0.375.